The van der Waals surface area contributed by atoms with Crippen LogP contribution < -0.4 is 22.5 Å². The number of nitrogen functional groups attached to an aromatic ring is 2. The quantitative estimate of drug-likeness (QED) is 0.340. The average Bonchev–Trinajstić information content (AvgIpc) is 2.03. The Kier molecular flexibility index (Phi) is 2.36. The summed E-state index contributed by atoms with van der Waals surface area (Å²) in [5, 5.41) is 0.0147. The zero-order valence-electron chi connectivity index (χ0n) is 5.37. The molecule has 0 aliphatic carbocycles. The lowest BCUT2D eigenvalue weighted by Gasteiger charge is -2.00. The molecule has 0 unspecified atom stereocenters. The molecule has 0 aliphatic heterocycles. The van der Waals surface area contributed by atoms with Gasteiger partial charge in [0.15, 0.2) is 0 Å². The molecule has 1 heterocycles. The predicted octanol–water partition coefficient (Wildman–Crippen LogP) is -0.904. The molecule has 0 radical (unpaired) electrons. The number of hydrogen-bond acceptors (Lipinski definition) is 7. The summed E-state index contributed by atoms with van der Waals surface area (Å²) in [5.74, 6) is 10.3. The minimum Gasteiger partial charge on any atom is -0.292 e. The third-order valence-electron chi connectivity index (χ3n) is 0.866. The molecular formula is C3H6ClN7. The van der Waals surface area contributed by atoms with Crippen LogP contribution in [0.5, 0.6) is 0 Å². The van der Waals surface area contributed by atoms with Crippen molar-refractivity contribution >= 4 is 23.5 Å². The van der Waals surface area contributed by atoms with Crippen molar-refractivity contribution in [3.8, 4) is 0 Å². The third kappa shape index (κ3) is 1.87. The summed E-state index contributed by atoms with van der Waals surface area (Å²) in [6.07, 6.45) is 0. The molecule has 0 saturated heterocycles. The summed E-state index contributed by atoms with van der Waals surface area (Å²) in [7, 11) is 0. The maximum atomic E-state index is 5.45. The lowest BCUT2D eigenvalue weighted by atomic mass is 10.9. The van der Waals surface area contributed by atoms with Gasteiger partial charge in [0, 0.05) is 0 Å². The Morgan fingerprint density at radius 3 is 1.82 bits per heavy atom. The molecule has 0 amide bonds. The Labute approximate surface area is 67.1 Å². The molecule has 11 heavy (non-hydrogen) atoms. The summed E-state index contributed by atoms with van der Waals surface area (Å²) in [5.41, 5.74) is 4.40. The van der Waals surface area contributed by atoms with Gasteiger partial charge < -0.3 is 0 Å². The van der Waals surface area contributed by atoms with Crippen LogP contribution in [0.25, 0.3) is 0 Å². The van der Waals surface area contributed by atoms with Crippen LogP contribution in [-0.2, 0) is 0 Å². The van der Waals surface area contributed by atoms with Gasteiger partial charge in [-0.3, -0.25) is 10.9 Å². The van der Waals surface area contributed by atoms with E-state index in [9.17, 15) is 0 Å². The molecule has 0 fully saturated rings. The van der Waals surface area contributed by atoms with Crippen molar-refractivity contribution in [3.05, 3.63) is 5.28 Å². The Hall–Kier alpha value is -1.18. The highest BCUT2D eigenvalue weighted by atomic mass is 35.5. The molecule has 1 aromatic heterocycles. The largest absolute Gasteiger partial charge is 0.292 e. The van der Waals surface area contributed by atoms with Gasteiger partial charge in [-0.1, -0.05) is 0 Å². The van der Waals surface area contributed by atoms with Crippen molar-refractivity contribution in [1.29, 1.82) is 0 Å². The highest BCUT2D eigenvalue weighted by Crippen LogP contribution is 2.06. The van der Waals surface area contributed by atoms with Gasteiger partial charge >= 0.3 is 0 Å². The highest BCUT2D eigenvalue weighted by molar-refractivity contribution is 6.28. The highest BCUT2D eigenvalue weighted by Gasteiger charge is 2.00. The molecule has 7 nitrogen and oxygen atoms in total. The Morgan fingerprint density at radius 2 is 1.45 bits per heavy atom. The second-order valence-corrected chi connectivity index (χ2v) is 1.88. The number of rotatable bonds is 2. The van der Waals surface area contributed by atoms with E-state index in [1.165, 1.54) is 0 Å². The fraction of sp³-hybridized carbons (Fsp3) is 0. The van der Waals surface area contributed by atoms with E-state index in [0.717, 1.165) is 0 Å². The molecule has 0 spiro atoms. The van der Waals surface area contributed by atoms with Crippen molar-refractivity contribution in [2.24, 2.45) is 11.7 Å². The first-order chi connectivity index (χ1) is 5.26. The average molecular weight is 176 g/mol. The standard InChI is InChI=1S/C3H6ClN7/c4-1-7-2(10-5)9-3(8-1)11-6/h5-6H2,(H2,7,8,9,10,11). The van der Waals surface area contributed by atoms with E-state index in [2.05, 4.69) is 25.8 Å². The van der Waals surface area contributed by atoms with Crippen molar-refractivity contribution in [2.75, 3.05) is 10.9 Å². The molecule has 1 aromatic rings. The number of nitrogens with one attached hydrogen (secondary N) is 2. The van der Waals surface area contributed by atoms with Crippen LogP contribution in [0.1, 0.15) is 0 Å². The van der Waals surface area contributed by atoms with E-state index in [4.69, 9.17) is 23.3 Å². The van der Waals surface area contributed by atoms with Crippen LogP contribution in [0.2, 0.25) is 5.28 Å². The predicted molar refractivity (Wildman–Crippen MR) is 40.5 cm³/mol. The van der Waals surface area contributed by atoms with Gasteiger partial charge in [0.25, 0.3) is 0 Å². The van der Waals surface area contributed by atoms with Crippen molar-refractivity contribution in [3.63, 3.8) is 0 Å². The fourth-order valence-electron chi connectivity index (χ4n) is 0.479. The van der Waals surface area contributed by atoms with E-state index in [1.54, 1.807) is 0 Å². The number of hydrazine groups is 2. The monoisotopic (exact) mass is 175 g/mol. The zero-order chi connectivity index (χ0) is 8.27. The van der Waals surface area contributed by atoms with E-state index in [-0.39, 0.29) is 17.2 Å². The molecule has 60 valence electrons. The number of hydrogen-bond donors (Lipinski definition) is 4. The fourth-order valence-corrected chi connectivity index (χ4v) is 0.639. The lowest BCUT2D eigenvalue weighted by Crippen LogP contribution is -2.15. The van der Waals surface area contributed by atoms with Crippen LogP contribution in [0.15, 0.2) is 0 Å². The molecule has 0 saturated carbocycles. The first-order valence-electron chi connectivity index (χ1n) is 2.61. The first-order valence-corrected chi connectivity index (χ1v) is 2.99. The maximum Gasteiger partial charge on any atom is 0.243 e. The summed E-state index contributed by atoms with van der Waals surface area (Å²) in [6.45, 7) is 0. The summed E-state index contributed by atoms with van der Waals surface area (Å²) in [6, 6.07) is 0. The molecule has 0 aliphatic rings. The van der Waals surface area contributed by atoms with Crippen LogP contribution in [0.3, 0.4) is 0 Å². The van der Waals surface area contributed by atoms with Crippen LogP contribution >= 0.6 is 11.6 Å². The number of nitrogens with zero attached hydrogens (tertiary/aromatic N) is 3. The minimum atomic E-state index is 0.0147. The second kappa shape index (κ2) is 3.28. The minimum absolute atomic E-state index is 0.0147. The van der Waals surface area contributed by atoms with E-state index < -0.39 is 0 Å². The van der Waals surface area contributed by atoms with Gasteiger partial charge in [0.05, 0.1) is 0 Å². The van der Waals surface area contributed by atoms with E-state index >= 15 is 0 Å². The number of aromatic nitrogens is 3. The summed E-state index contributed by atoms with van der Waals surface area (Å²) >= 11 is 5.45. The summed E-state index contributed by atoms with van der Waals surface area (Å²) in [4.78, 5) is 10.9. The molecule has 0 atom stereocenters. The van der Waals surface area contributed by atoms with Gasteiger partial charge in [-0.25, -0.2) is 11.7 Å². The van der Waals surface area contributed by atoms with E-state index in [0.29, 0.717) is 0 Å². The van der Waals surface area contributed by atoms with Crippen LogP contribution in [0, 0.1) is 0 Å². The Bertz CT molecular complexity index is 227. The zero-order valence-corrected chi connectivity index (χ0v) is 6.13. The van der Waals surface area contributed by atoms with E-state index in [1.807, 2.05) is 0 Å². The normalized spacial score (nSPS) is 9.36. The van der Waals surface area contributed by atoms with Gasteiger partial charge in [-0.2, -0.15) is 15.0 Å². The smallest absolute Gasteiger partial charge is 0.243 e. The van der Waals surface area contributed by atoms with Gasteiger partial charge in [0.2, 0.25) is 17.2 Å². The van der Waals surface area contributed by atoms with Crippen molar-refractivity contribution in [2.45, 2.75) is 0 Å². The van der Waals surface area contributed by atoms with Crippen LogP contribution in [0.4, 0.5) is 11.9 Å². The molecule has 0 bridgehead atoms. The van der Waals surface area contributed by atoms with Crippen molar-refractivity contribution < 1.29 is 0 Å². The number of nitrogens with two attached hydrogens (primary N) is 2. The third-order valence-corrected chi connectivity index (χ3v) is 1.04. The maximum absolute atomic E-state index is 5.45. The topological polar surface area (TPSA) is 115 Å². The molecule has 1 rings (SSSR count). The summed E-state index contributed by atoms with van der Waals surface area (Å²) < 4.78 is 0. The number of anilines is 2. The molecule has 6 N–H and O–H groups in total. The first kappa shape index (κ1) is 7.92. The second-order valence-electron chi connectivity index (χ2n) is 1.54. The molecular weight excluding hydrogens is 170 g/mol. The number of halogens is 1. The molecule has 0 aromatic carbocycles. The lowest BCUT2D eigenvalue weighted by molar-refractivity contribution is 1.02. The van der Waals surface area contributed by atoms with Gasteiger partial charge in [-0.05, 0) is 11.6 Å². The van der Waals surface area contributed by atoms with Gasteiger partial charge in [0.1, 0.15) is 0 Å². The Balaban J connectivity index is 3.02. The van der Waals surface area contributed by atoms with Gasteiger partial charge in [-0.15, -0.1) is 0 Å². The Morgan fingerprint density at radius 1 is 1.00 bits per heavy atom. The van der Waals surface area contributed by atoms with Crippen molar-refractivity contribution in [1.82, 2.24) is 15.0 Å². The SMILES string of the molecule is NNc1nc(Cl)nc(NN)n1. The van der Waals surface area contributed by atoms with Crippen LogP contribution in [-0.4, -0.2) is 15.0 Å². The molecule has 8 heteroatoms.